The Morgan fingerprint density at radius 3 is 2.70 bits per heavy atom. The van der Waals surface area contributed by atoms with Crippen molar-refractivity contribution in [2.75, 3.05) is 24.3 Å². The van der Waals surface area contributed by atoms with Crippen molar-refractivity contribution >= 4 is 46.0 Å². The topological polar surface area (TPSA) is 70.9 Å². The summed E-state index contributed by atoms with van der Waals surface area (Å²) in [4.78, 5) is 12.3. The van der Waals surface area contributed by atoms with E-state index in [1.54, 1.807) is 18.1 Å². The van der Waals surface area contributed by atoms with E-state index in [0.29, 0.717) is 5.95 Å². The van der Waals surface area contributed by atoms with Crippen LogP contribution in [0.15, 0.2) is 53.6 Å². The standard InChI is InChI=1S/C22H25N7S/c1-14-6-7-16(12-20(14)30-23-3)25-22-24-11-10-21(26-22)28(4)17-8-9-18-15(2)29(5)27-19(18)13-17/h6-13,23H,1-5H3,(H,24,25,26). The first kappa shape index (κ1) is 20.2. The van der Waals surface area contributed by atoms with Crippen molar-refractivity contribution in [2.24, 2.45) is 7.05 Å². The lowest BCUT2D eigenvalue weighted by molar-refractivity contribution is 0.751. The van der Waals surface area contributed by atoms with Crippen molar-refractivity contribution in [2.45, 2.75) is 18.7 Å². The molecule has 4 aromatic rings. The first-order valence-corrected chi connectivity index (χ1v) is 10.5. The van der Waals surface area contributed by atoms with Gasteiger partial charge < -0.3 is 10.2 Å². The molecule has 0 saturated carbocycles. The molecule has 2 heterocycles. The highest BCUT2D eigenvalue weighted by atomic mass is 32.2. The van der Waals surface area contributed by atoms with Crippen LogP contribution in [0.1, 0.15) is 11.3 Å². The van der Waals surface area contributed by atoms with E-state index < -0.39 is 0 Å². The van der Waals surface area contributed by atoms with Crippen LogP contribution in [-0.2, 0) is 7.05 Å². The van der Waals surface area contributed by atoms with Gasteiger partial charge in [0.25, 0.3) is 0 Å². The second-order valence-electron chi connectivity index (χ2n) is 7.12. The lowest BCUT2D eigenvalue weighted by atomic mass is 10.2. The SMILES string of the molecule is CNSc1cc(Nc2nccc(N(C)c3ccc4c(C)n(C)nc4c3)n2)ccc1C. The first-order valence-electron chi connectivity index (χ1n) is 9.67. The van der Waals surface area contributed by atoms with Gasteiger partial charge >= 0.3 is 0 Å². The summed E-state index contributed by atoms with van der Waals surface area (Å²) in [5, 5.41) is 9.06. The molecule has 0 aliphatic rings. The molecular weight excluding hydrogens is 394 g/mol. The van der Waals surface area contributed by atoms with Crippen molar-refractivity contribution < 1.29 is 0 Å². The van der Waals surface area contributed by atoms with Gasteiger partial charge in [-0.05, 0) is 74.8 Å². The monoisotopic (exact) mass is 419 g/mol. The molecule has 0 unspecified atom stereocenters. The van der Waals surface area contributed by atoms with E-state index in [2.05, 4.69) is 64.3 Å². The number of hydrogen-bond acceptors (Lipinski definition) is 7. The number of anilines is 4. The summed E-state index contributed by atoms with van der Waals surface area (Å²) < 4.78 is 5.03. The van der Waals surface area contributed by atoms with Crippen molar-refractivity contribution in [3.8, 4) is 0 Å². The Morgan fingerprint density at radius 1 is 1.07 bits per heavy atom. The molecule has 154 valence electrons. The number of hydrogen-bond donors (Lipinski definition) is 2. The molecule has 0 amide bonds. The summed E-state index contributed by atoms with van der Waals surface area (Å²) >= 11 is 1.59. The van der Waals surface area contributed by atoms with Crippen LogP contribution in [0.4, 0.5) is 23.1 Å². The fourth-order valence-electron chi connectivity index (χ4n) is 3.28. The third kappa shape index (κ3) is 3.96. The molecule has 0 spiro atoms. The van der Waals surface area contributed by atoms with E-state index in [4.69, 9.17) is 4.98 Å². The molecule has 8 heteroatoms. The van der Waals surface area contributed by atoms with E-state index in [-0.39, 0.29) is 0 Å². The van der Waals surface area contributed by atoms with E-state index in [1.807, 2.05) is 42.9 Å². The Bertz CT molecular complexity index is 1200. The molecule has 7 nitrogen and oxygen atoms in total. The van der Waals surface area contributed by atoms with Gasteiger partial charge in [0.15, 0.2) is 0 Å². The van der Waals surface area contributed by atoms with Gasteiger partial charge in [0.05, 0.1) is 5.52 Å². The minimum absolute atomic E-state index is 0.554. The van der Waals surface area contributed by atoms with E-state index in [9.17, 15) is 0 Å². The second kappa shape index (κ2) is 8.33. The van der Waals surface area contributed by atoms with Gasteiger partial charge in [-0.15, -0.1) is 0 Å². The normalized spacial score (nSPS) is 11.1. The third-order valence-corrected chi connectivity index (χ3v) is 6.01. The Hall–Kier alpha value is -3.10. The van der Waals surface area contributed by atoms with Gasteiger partial charge in [0.2, 0.25) is 5.95 Å². The van der Waals surface area contributed by atoms with E-state index in [1.165, 1.54) is 5.56 Å². The molecule has 2 aromatic carbocycles. The van der Waals surface area contributed by atoms with Crippen molar-refractivity contribution in [1.29, 1.82) is 0 Å². The van der Waals surface area contributed by atoms with Crippen LogP contribution in [0.5, 0.6) is 0 Å². The zero-order valence-electron chi connectivity index (χ0n) is 17.8. The minimum Gasteiger partial charge on any atom is -0.329 e. The number of fused-ring (bicyclic) bond motifs is 1. The fraction of sp³-hybridized carbons (Fsp3) is 0.227. The molecule has 0 radical (unpaired) electrons. The van der Waals surface area contributed by atoms with Gasteiger partial charge in [-0.3, -0.25) is 9.40 Å². The molecule has 0 bridgehead atoms. The van der Waals surface area contributed by atoms with Crippen LogP contribution in [0.3, 0.4) is 0 Å². The smallest absolute Gasteiger partial charge is 0.229 e. The van der Waals surface area contributed by atoms with Crippen LogP contribution in [-0.4, -0.2) is 33.8 Å². The molecule has 0 fully saturated rings. The maximum Gasteiger partial charge on any atom is 0.229 e. The zero-order valence-corrected chi connectivity index (χ0v) is 18.6. The van der Waals surface area contributed by atoms with Crippen molar-refractivity contribution in [1.82, 2.24) is 24.5 Å². The average molecular weight is 420 g/mol. The average Bonchev–Trinajstić information content (AvgIpc) is 3.03. The van der Waals surface area contributed by atoms with Gasteiger partial charge in [-0.25, -0.2) is 4.98 Å². The quantitative estimate of drug-likeness (QED) is 0.438. The predicted octanol–water partition coefficient (Wildman–Crippen LogP) is 4.72. The summed E-state index contributed by atoms with van der Waals surface area (Å²) in [5.74, 6) is 1.36. The molecule has 2 aromatic heterocycles. The Labute approximate surface area is 180 Å². The fourth-order valence-corrected chi connectivity index (χ4v) is 3.92. The van der Waals surface area contributed by atoms with Crippen LogP contribution >= 0.6 is 11.9 Å². The maximum atomic E-state index is 4.70. The number of rotatable bonds is 6. The summed E-state index contributed by atoms with van der Waals surface area (Å²) in [6.45, 7) is 4.17. The maximum absolute atomic E-state index is 4.70. The van der Waals surface area contributed by atoms with Gasteiger partial charge in [0, 0.05) is 47.6 Å². The van der Waals surface area contributed by atoms with Crippen LogP contribution in [0, 0.1) is 13.8 Å². The molecule has 0 saturated heterocycles. The van der Waals surface area contributed by atoms with Crippen LogP contribution in [0.2, 0.25) is 0 Å². The molecule has 0 aliphatic carbocycles. The highest BCUT2D eigenvalue weighted by Gasteiger charge is 2.11. The molecular formula is C22H25N7S. The molecule has 0 aliphatic heterocycles. The van der Waals surface area contributed by atoms with Crippen molar-refractivity contribution in [3.05, 3.63) is 59.9 Å². The van der Waals surface area contributed by atoms with E-state index >= 15 is 0 Å². The summed E-state index contributed by atoms with van der Waals surface area (Å²) in [6.07, 6.45) is 1.77. The largest absolute Gasteiger partial charge is 0.329 e. The Morgan fingerprint density at radius 2 is 1.90 bits per heavy atom. The Balaban J connectivity index is 1.59. The second-order valence-corrected chi connectivity index (χ2v) is 8.17. The predicted molar refractivity (Wildman–Crippen MR) is 125 cm³/mol. The van der Waals surface area contributed by atoms with E-state index in [0.717, 1.165) is 38.7 Å². The summed E-state index contributed by atoms with van der Waals surface area (Å²) in [7, 11) is 5.87. The first-order chi connectivity index (χ1) is 14.5. The zero-order chi connectivity index (χ0) is 21.3. The number of nitrogens with zero attached hydrogens (tertiary/aromatic N) is 5. The van der Waals surface area contributed by atoms with Gasteiger partial charge in [-0.1, -0.05) is 6.07 Å². The minimum atomic E-state index is 0.554. The molecule has 2 N–H and O–H groups in total. The summed E-state index contributed by atoms with van der Waals surface area (Å²) in [6, 6.07) is 14.4. The van der Waals surface area contributed by atoms with Gasteiger partial charge in [0.1, 0.15) is 5.82 Å². The van der Waals surface area contributed by atoms with Crippen molar-refractivity contribution in [3.63, 3.8) is 0 Å². The molecule has 4 rings (SSSR count). The summed E-state index contributed by atoms with van der Waals surface area (Å²) in [5.41, 5.74) is 5.31. The number of nitrogens with one attached hydrogen (secondary N) is 2. The molecule has 30 heavy (non-hydrogen) atoms. The van der Waals surface area contributed by atoms with Crippen LogP contribution < -0.4 is 14.9 Å². The lowest BCUT2D eigenvalue weighted by Crippen LogP contribution is -2.12. The highest BCUT2D eigenvalue weighted by molar-refractivity contribution is 7.97. The third-order valence-electron chi connectivity index (χ3n) is 5.14. The number of aromatic nitrogens is 4. The highest BCUT2D eigenvalue weighted by Crippen LogP contribution is 2.28. The van der Waals surface area contributed by atoms with Crippen LogP contribution in [0.25, 0.3) is 10.9 Å². The number of benzene rings is 2. The molecule has 0 atom stereocenters. The Kier molecular flexibility index (Phi) is 5.61. The lowest BCUT2D eigenvalue weighted by Gasteiger charge is -2.19. The number of aryl methyl sites for hydroxylation is 3. The van der Waals surface area contributed by atoms with Gasteiger partial charge in [-0.2, -0.15) is 10.1 Å².